The Hall–Kier alpha value is -3.40. The third-order valence-corrected chi connectivity index (χ3v) is 5.01. The van der Waals surface area contributed by atoms with E-state index in [1.807, 2.05) is 59.6 Å². The predicted octanol–water partition coefficient (Wildman–Crippen LogP) is 4.38. The summed E-state index contributed by atoms with van der Waals surface area (Å²) in [6.45, 7) is 1.28. The van der Waals surface area contributed by atoms with Crippen molar-refractivity contribution in [3.63, 3.8) is 0 Å². The van der Waals surface area contributed by atoms with Gasteiger partial charge in [0.15, 0.2) is 0 Å². The number of H-pyrrole nitrogens is 1. The monoisotopic (exact) mass is 369 g/mol. The molecule has 1 amide bonds. The van der Waals surface area contributed by atoms with E-state index >= 15 is 0 Å². The first kappa shape index (κ1) is 18.0. The third kappa shape index (κ3) is 4.29. The SMILES string of the molecule is O=C(Cc1c[nH]c2ccccc12)N(CCc1ccccc1)Cc1ccncc1. The van der Waals surface area contributed by atoms with Crippen molar-refractivity contribution in [2.75, 3.05) is 6.54 Å². The van der Waals surface area contributed by atoms with Gasteiger partial charge in [0.2, 0.25) is 5.91 Å². The average molecular weight is 369 g/mol. The normalized spacial score (nSPS) is 10.9. The van der Waals surface area contributed by atoms with E-state index in [9.17, 15) is 4.79 Å². The lowest BCUT2D eigenvalue weighted by Gasteiger charge is -2.23. The number of para-hydroxylation sites is 1. The average Bonchev–Trinajstić information content (AvgIpc) is 3.15. The van der Waals surface area contributed by atoms with Crippen LogP contribution in [-0.4, -0.2) is 27.3 Å². The van der Waals surface area contributed by atoms with Crippen molar-refractivity contribution in [2.45, 2.75) is 19.4 Å². The lowest BCUT2D eigenvalue weighted by Crippen LogP contribution is -2.33. The second kappa shape index (κ2) is 8.53. The number of hydrogen-bond donors (Lipinski definition) is 1. The molecule has 1 N–H and O–H groups in total. The molecule has 2 heterocycles. The zero-order valence-corrected chi connectivity index (χ0v) is 15.7. The second-order valence-corrected chi connectivity index (χ2v) is 6.94. The van der Waals surface area contributed by atoms with Gasteiger partial charge in [-0.3, -0.25) is 9.78 Å². The maximum absolute atomic E-state index is 13.2. The van der Waals surface area contributed by atoms with Crippen molar-refractivity contribution in [3.8, 4) is 0 Å². The molecule has 0 bridgehead atoms. The number of benzene rings is 2. The summed E-state index contributed by atoms with van der Waals surface area (Å²) in [5.74, 6) is 0.137. The van der Waals surface area contributed by atoms with E-state index in [1.165, 1.54) is 5.56 Å². The van der Waals surface area contributed by atoms with Crippen LogP contribution in [0.5, 0.6) is 0 Å². The molecular formula is C24H23N3O. The highest BCUT2D eigenvalue weighted by molar-refractivity contribution is 5.88. The van der Waals surface area contributed by atoms with Crippen molar-refractivity contribution < 1.29 is 4.79 Å². The Bertz CT molecular complexity index is 1040. The first-order valence-corrected chi connectivity index (χ1v) is 9.55. The molecule has 140 valence electrons. The standard InChI is InChI=1S/C24H23N3O/c28-24(16-21-17-26-23-9-5-4-8-22(21)23)27(18-20-10-13-25-14-11-20)15-12-19-6-2-1-3-7-19/h1-11,13-14,17,26H,12,15-16,18H2. The number of carbonyl (C=O) groups excluding carboxylic acids is 1. The lowest BCUT2D eigenvalue weighted by molar-refractivity contribution is -0.131. The highest BCUT2D eigenvalue weighted by atomic mass is 16.2. The van der Waals surface area contributed by atoms with Crippen LogP contribution < -0.4 is 0 Å². The molecule has 28 heavy (non-hydrogen) atoms. The van der Waals surface area contributed by atoms with Crippen molar-refractivity contribution in [2.24, 2.45) is 0 Å². The third-order valence-electron chi connectivity index (χ3n) is 5.01. The van der Waals surface area contributed by atoms with Crippen LogP contribution in [0.15, 0.2) is 85.3 Å². The molecule has 0 spiro atoms. The molecule has 4 nitrogen and oxygen atoms in total. The maximum Gasteiger partial charge on any atom is 0.227 e. The molecule has 0 aliphatic rings. The molecule has 4 aromatic rings. The largest absolute Gasteiger partial charge is 0.361 e. The molecule has 2 aromatic carbocycles. The van der Waals surface area contributed by atoms with Gasteiger partial charge in [0.25, 0.3) is 0 Å². The molecular weight excluding hydrogens is 346 g/mol. The van der Waals surface area contributed by atoms with E-state index in [-0.39, 0.29) is 5.91 Å². The fourth-order valence-electron chi connectivity index (χ4n) is 3.46. The first-order chi connectivity index (χ1) is 13.8. The van der Waals surface area contributed by atoms with Crippen molar-refractivity contribution >= 4 is 16.8 Å². The fourth-order valence-corrected chi connectivity index (χ4v) is 3.46. The van der Waals surface area contributed by atoms with Crippen LogP contribution in [0.25, 0.3) is 10.9 Å². The number of carbonyl (C=O) groups is 1. The maximum atomic E-state index is 13.2. The molecule has 0 radical (unpaired) electrons. The topological polar surface area (TPSA) is 49.0 Å². The summed E-state index contributed by atoms with van der Waals surface area (Å²) < 4.78 is 0. The number of pyridine rings is 1. The molecule has 4 heteroatoms. The van der Waals surface area contributed by atoms with Crippen molar-refractivity contribution in [1.82, 2.24) is 14.9 Å². The second-order valence-electron chi connectivity index (χ2n) is 6.94. The molecule has 2 aromatic heterocycles. The number of nitrogens with zero attached hydrogens (tertiary/aromatic N) is 2. The zero-order chi connectivity index (χ0) is 19.2. The first-order valence-electron chi connectivity index (χ1n) is 9.55. The van der Waals surface area contributed by atoms with Gasteiger partial charge in [-0.05, 0) is 41.3 Å². The zero-order valence-electron chi connectivity index (χ0n) is 15.7. The number of nitrogens with one attached hydrogen (secondary N) is 1. The molecule has 0 saturated carbocycles. The van der Waals surface area contributed by atoms with Crippen LogP contribution in [0.3, 0.4) is 0 Å². The Morgan fingerprint density at radius 3 is 2.46 bits per heavy atom. The van der Waals surface area contributed by atoms with Crippen LogP contribution in [-0.2, 0) is 24.2 Å². The quantitative estimate of drug-likeness (QED) is 0.526. The summed E-state index contributed by atoms with van der Waals surface area (Å²) >= 11 is 0. The Morgan fingerprint density at radius 1 is 0.893 bits per heavy atom. The Labute approximate surface area is 164 Å². The van der Waals surface area contributed by atoms with Gasteiger partial charge < -0.3 is 9.88 Å². The summed E-state index contributed by atoms with van der Waals surface area (Å²) in [5, 5.41) is 1.11. The van der Waals surface area contributed by atoms with E-state index in [0.29, 0.717) is 19.5 Å². The minimum Gasteiger partial charge on any atom is -0.361 e. The molecule has 0 saturated heterocycles. The van der Waals surface area contributed by atoms with E-state index in [2.05, 4.69) is 28.2 Å². The molecule has 4 rings (SSSR count). The summed E-state index contributed by atoms with van der Waals surface area (Å²) in [6.07, 6.45) is 6.73. The Balaban J connectivity index is 1.52. The molecule has 0 fully saturated rings. The molecule has 0 atom stereocenters. The predicted molar refractivity (Wildman–Crippen MR) is 112 cm³/mol. The summed E-state index contributed by atoms with van der Waals surface area (Å²) in [5.41, 5.74) is 4.44. The van der Waals surface area contributed by atoms with Crippen LogP contribution in [0.4, 0.5) is 0 Å². The number of rotatable bonds is 7. The van der Waals surface area contributed by atoms with E-state index in [4.69, 9.17) is 0 Å². The number of aromatic nitrogens is 2. The molecule has 0 unspecified atom stereocenters. The minimum absolute atomic E-state index is 0.137. The lowest BCUT2D eigenvalue weighted by atomic mass is 10.1. The highest BCUT2D eigenvalue weighted by Gasteiger charge is 2.16. The molecule has 0 aliphatic heterocycles. The van der Waals surface area contributed by atoms with Gasteiger partial charge >= 0.3 is 0 Å². The Kier molecular flexibility index (Phi) is 5.48. The van der Waals surface area contributed by atoms with Crippen molar-refractivity contribution in [3.05, 3.63) is 102 Å². The number of hydrogen-bond acceptors (Lipinski definition) is 2. The van der Waals surface area contributed by atoms with Gasteiger partial charge in [0.05, 0.1) is 6.42 Å². The van der Waals surface area contributed by atoms with Gasteiger partial charge in [-0.1, -0.05) is 48.5 Å². The van der Waals surface area contributed by atoms with Gasteiger partial charge in [-0.15, -0.1) is 0 Å². The van der Waals surface area contributed by atoms with Gasteiger partial charge in [0.1, 0.15) is 0 Å². The van der Waals surface area contributed by atoms with Crippen LogP contribution in [0, 0.1) is 0 Å². The highest BCUT2D eigenvalue weighted by Crippen LogP contribution is 2.19. The minimum atomic E-state index is 0.137. The summed E-state index contributed by atoms with van der Waals surface area (Å²) in [6, 6.07) is 22.3. The van der Waals surface area contributed by atoms with E-state index in [0.717, 1.165) is 28.5 Å². The summed E-state index contributed by atoms with van der Waals surface area (Å²) in [7, 11) is 0. The number of amides is 1. The van der Waals surface area contributed by atoms with E-state index < -0.39 is 0 Å². The number of fused-ring (bicyclic) bond motifs is 1. The Morgan fingerprint density at radius 2 is 1.64 bits per heavy atom. The smallest absolute Gasteiger partial charge is 0.227 e. The molecule has 0 aliphatic carbocycles. The summed E-state index contributed by atoms with van der Waals surface area (Å²) in [4.78, 5) is 22.5. The van der Waals surface area contributed by atoms with Gasteiger partial charge in [0, 0.05) is 42.6 Å². The number of aromatic amines is 1. The van der Waals surface area contributed by atoms with Gasteiger partial charge in [-0.2, -0.15) is 0 Å². The van der Waals surface area contributed by atoms with Crippen LogP contribution in [0.1, 0.15) is 16.7 Å². The van der Waals surface area contributed by atoms with Gasteiger partial charge in [-0.25, -0.2) is 0 Å². The van der Waals surface area contributed by atoms with E-state index in [1.54, 1.807) is 12.4 Å². The van der Waals surface area contributed by atoms with Crippen molar-refractivity contribution in [1.29, 1.82) is 0 Å². The van der Waals surface area contributed by atoms with Crippen LogP contribution >= 0.6 is 0 Å². The fraction of sp³-hybridized carbons (Fsp3) is 0.167. The van der Waals surface area contributed by atoms with Crippen LogP contribution in [0.2, 0.25) is 0 Å².